The molecule has 1 aromatic rings. The van der Waals surface area contributed by atoms with Crippen LogP contribution < -0.4 is 5.73 Å². The van der Waals surface area contributed by atoms with Gasteiger partial charge < -0.3 is 5.73 Å². The monoisotopic (exact) mass is 430 g/mol. The molecule has 9 heteroatoms. The Labute approximate surface area is 147 Å². The van der Waals surface area contributed by atoms with Crippen LogP contribution in [0.15, 0.2) is 21.5 Å². The average Bonchev–Trinajstić information content (AvgIpc) is 3.10. The summed E-state index contributed by atoms with van der Waals surface area (Å²) >= 11 is 20.2. The molecule has 21 heavy (non-hydrogen) atoms. The Bertz CT molecular complexity index is 655. The van der Waals surface area contributed by atoms with Gasteiger partial charge in [-0.15, -0.1) is 0 Å². The van der Waals surface area contributed by atoms with Gasteiger partial charge in [-0.2, -0.15) is 4.31 Å². The summed E-state index contributed by atoms with van der Waals surface area (Å²) in [6, 6.07) is 3.00. The molecule has 1 aliphatic carbocycles. The van der Waals surface area contributed by atoms with Gasteiger partial charge in [0, 0.05) is 23.5 Å². The lowest BCUT2D eigenvalue weighted by molar-refractivity contribution is 0.413. The fourth-order valence-electron chi connectivity index (χ4n) is 1.97. The molecule has 0 amide bonds. The zero-order chi connectivity index (χ0) is 15.8. The molecule has 1 saturated carbocycles. The maximum absolute atomic E-state index is 12.8. The molecule has 0 heterocycles. The number of nitrogens with two attached hydrogens (primary N) is 1. The van der Waals surface area contributed by atoms with Gasteiger partial charge in [0.1, 0.15) is 4.90 Å². The van der Waals surface area contributed by atoms with E-state index >= 15 is 0 Å². The molecule has 0 saturated heterocycles. The van der Waals surface area contributed by atoms with Crippen molar-refractivity contribution in [1.29, 1.82) is 0 Å². The molecule has 1 fully saturated rings. The maximum atomic E-state index is 12.8. The molecule has 0 aromatic heterocycles. The van der Waals surface area contributed by atoms with E-state index in [9.17, 15) is 8.42 Å². The molecule has 1 aromatic carbocycles. The lowest BCUT2D eigenvalue weighted by atomic mass is 10.4. The Hall–Kier alpha value is 0.0800. The first kappa shape index (κ1) is 17.4. The van der Waals surface area contributed by atoms with E-state index in [0.717, 1.165) is 12.8 Å². The van der Waals surface area contributed by atoms with Gasteiger partial charge in [-0.1, -0.05) is 51.3 Å². The van der Waals surface area contributed by atoms with Crippen LogP contribution in [0.25, 0.3) is 0 Å². The molecular weight excluding hydrogens is 419 g/mol. The highest BCUT2D eigenvalue weighted by Crippen LogP contribution is 2.38. The summed E-state index contributed by atoms with van der Waals surface area (Å²) in [6.45, 7) is 0.241. The van der Waals surface area contributed by atoms with Crippen molar-refractivity contribution in [2.45, 2.75) is 30.2 Å². The minimum atomic E-state index is -3.78. The summed E-state index contributed by atoms with van der Waals surface area (Å²) in [5.41, 5.74) is 5.47. The highest BCUT2D eigenvalue weighted by molar-refractivity contribution is 9.10. The van der Waals surface area contributed by atoms with Crippen LogP contribution in [-0.2, 0) is 10.0 Å². The fourth-order valence-corrected chi connectivity index (χ4v) is 5.64. The van der Waals surface area contributed by atoms with Crippen molar-refractivity contribution in [3.8, 4) is 0 Å². The van der Waals surface area contributed by atoms with Gasteiger partial charge in [0.2, 0.25) is 10.0 Å². The molecule has 0 atom stereocenters. The van der Waals surface area contributed by atoms with Crippen molar-refractivity contribution >= 4 is 66.4 Å². The number of benzene rings is 1. The van der Waals surface area contributed by atoms with E-state index in [2.05, 4.69) is 15.9 Å². The summed E-state index contributed by atoms with van der Waals surface area (Å²) in [7, 11) is -3.78. The van der Waals surface area contributed by atoms with E-state index in [4.69, 9.17) is 41.2 Å². The largest absolute Gasteiger partial charge is 0.393 e. The molecule has 2 N–H and O–H groups in total. The highest BCUT2D eigenvalue weighted by atomic mass is 79.9. The third-order valence-corrected chi connectivity index (χ3v) is 6.60. The summed E-state index contributed by atoms with van der Waals surface area (Å²) < 4.78 is 27.7. The van der Waals surface area contributed by atoms with Crippen LogP contribution in [0.3, 0.4) is 0 Å². The van der Waals surface area contributed by atoms with E-state index in [-0.39, 0.29) is 32.5 Å². The predicted molar refractivity (Wildman–Crippen MR) is 92.5 cm³/mol. The van der Waals surface area contributed by atoms with Gasteiger partial charge in [0.05, 0.1) is 15.0 Å². The predicted octanol–water partition coefficient (Wildman–Crippen LogP) is 3.59. The first-order valence-corrected chi connectivity index (χ1v) is 9.58. The number of halogens is 3. The van der Waals surface area contributed by atoms with Gasteiger partial charge in [-0.25, -0.2) is 8.42 Å². The third-order valence-electron chi connectivity index (χ3n) is 3.06. The van der Waals surface area contributed by atoms with Gasteiger partial charge in [-0.05, 0) is 25.0 Å². The zero-order valence-electron chi connectivity index (χ0n) is 10.9. The number of nitrogens with zero attached hydrogens (tertiary/aromatic N) is 1. The van der Waals surface area contributed by atoms with Crippen LogP contribution in [-0.4, -0.2) is 30.3 Å². The minimum Gasteiger partial charge on any atom is -0.393 e. The second kappa shape index (κ2) is 6.68. The second-order valence-electron chi connectivity index (χ2n) is 4.76. The summed E-state index contributed by atoms with van der Waals surface area (Å²) in [5.74, 6) is 0. The van der Waals surface area contributed by atoms with Crippen molar-refractivity contribution in [2.24, 2.45) is 5.73 Å². The van der Waals surface area contributed by atoms with Crippen LogP contribution in [0.4, 0.5) is 0 Å². The Morgan fingerprint density at radius 1 is 1.38 bits per heavy atom. The molecular formula is C12H13BrCl2N2O2S2. The van der Waals surface area contributed by atoms with Crippen LogP contribution in [0.5, 0.6) is 0 Å². The van der Waals surface area contributed by atoms with Crippen LogP contribution in [0, 0.1) is 0 Å². The number of hydrogen-bond donors (Lipinski definition) is 1. The molecule has 1 aliphatic rings. The number of thiocarbonyl (C=S) groups is 1. The van der Waals surface area contributed by atoms with E-state index in [1.54, 1.807) is 0 Å². The Kier molecular flexibility index (Phi) is 5.55. The summed E-state index contributed by atoms with van der Waals surface area (Å²) in [5, 5.41) is 0.186. The topological polar surface area (TPSA) is 63.4 Å². The van der Waals surface area contributed by atoms with E-state index in [0.29, 0.717) is 10.9 Å². The second-order valence-corrected chi connectivity index (χ2v) is 8.84. The van der Waals surface area contributed by atoms with Crippen molar-refractivity contribution in [2.75, 3.05) is 6.54 Å². The Balaban J connectivity index is 2.41. The van der Waals surface area contributed by atoms with Crippen LogP contribution in [0.2, 0.25) is 10.0 Å². The average molecular weight is 432 g/mol. The molecule has 0 spiro atoms. The molecule has 0 bridgehead atoms. The highest BCUT2D eigenvalue weighted by Gasteiger charge is 2.39. The quantitative estimate of drug-likeness (QED) is 0.699. The molecule has 0 radical (unpaired) electrons. The maximum Gasteiger partial charge on any atom is 0.246 e. The summed E-state index contributed by atoms with van der Waals surface area (Å²) in [4.78, 5) is 0.215. The van der Waals surface area contributed by atoms with Crippen molar-refractivity contribution in [3.63, 3.8) is 0 Å². The van der Waals surface area contributed by atoms with Crippen molar-refractivity contribution in [1.82, 2.24) is 4.31 Å². The lowest BCUT2D eigenvalue weighted by Crippen LogP contribution is -2.36. The number of hydrogen-bond acceptors (Lipinski definition) is 3. The molecule has 0 aliphatic heterocycles. The first-order chi connectivity index (χ1) is 9.73. The smallest absolute Gasteiger partial charge is 0.246 e. The SMILES string of the molecule is NC(=S)CCN(C1CC1)S(=O)(=O)c1c(Cl)cc(Br)cc1Cl. The van der Waals surface area contributed by atoms with E-state index in [1.807, 2.05) is 0 Å². The number of rotatable bonds is 6. The summed E-state index contributed by atoms with van der Waals surface area (Å²) in [6.07, 6.45) is 1.97. The van der Waals surface area contributed by atoms with E-state index in [1.165, 1.54) is 16.4 Å². The van der Waals surface area contributed by atoms with Crippen molar-refractivity contribution < 1.29 is 8.42 Å². The molecule has 4 nitrogen and oxygen atoms in total. The van der Waals surface area contributed by atoms with Gasteiger partial charge in [0.15, 0.2) is 0 Å². The fraction of sp³-hybridized carbons (Fsp3) is 0.417. The Morgan fingerprint density at radius 3 is 2.33 bits per heavy atom. The zero-order valence-corrected chi connectivity index (χ0v) is 15.6. The third kappa shape index (κ3) is 4.09. The number of sulfonamides is 1. The van der Waals surface area contributed by atoms with Crippen LogP contribution in [0.1, 0.15) is 19.3 Å². The first-order valence-electron chi connectivity index (χ1n) is 6.18. The lowest BCUT2D eigenvalue weighted by Gasteiger charge is -2.23. The van der Waals surface area contributed by atoms with Crippen molar-refractivity contribution in [3.05, 3.63) is 26.7 Å². The molecule has 0 unspecified atom stereocenters. The minimum absolute atomic E-state index is 0.0277. The Morgan fingerprint density at radius 2 is 1.90 bits per heavy atom. The van der Waals surface area contributed by atoms with Crippen LogP contribution >= 0.6 is 51.3 Å². The van der Waals surface area contributed by atoms with Gasteiger partial charge >= 0.3 is 0 Å². The van der Waals surface area contributed by atoms with Gasteiger partial charge in [0.25, 0.3) is 0 Å². The molecule has 2 rings (SSSR count). The standard InChI is InChI=1S/C12H13BrCl2N2O2S2/c13-7-5-9(14)12(10(15)6-7)21(18,19)17(8-1-2-8)4-3-11(16)20/h5-6,8H,1-4H2,(H2,16,20). The van der Waals surface area contributed by atoms with E-state index < -0.39 is 10.0 Å². The normalized spacial score (nSPS) is 15.4. The van der Waals surface area contributed by atoms with Gasteiger partial charge in [-0.3, -0.25) is 0 Å². The molecule has 116 valence electrons.